The standard InChI is InChI=1S/C12H13F3O2/c13-12(14,15)11-9(16)6-3-7-10(11)17-8-4-1-2-5-8/h3,6-8,16H,1-2,4-5H2. The van der Waals surface area contributed by atoms with Gasteiger partial charge < -0.3 is 9.84 Å². The average Bonchev–Trinajstić information content (AvgIpc) is 2.68. The lowest BCUT2D eigenvalue weighted by molar-refractivity contribution is -0.140. The van der Waals surface area contributed by atoms with E-state index in [-0.39, 0.29) is 11.9 Å². The number of hydrogen-bond acceptors (Lipinski definition) is 2. The van der Waals surface area contributed by atoms with Gasteiger partial charge in [0, 0.05) is 0 Å². The third-order valence-electron chi connectivity index (χ3n) is 2.88. The summed E-state index contributed by atoms with van der Waals surface area (Å²) in [5.41, 5.74) is -1.08. The number of ether oxygens (including phenoxy) is 1. The van der Waals surface area contributed by atoms with Crippen LogP contribution in [0, 0.1) is 0 Å². The van der Waals surface area contributed by atoms with Crippen LogP contribution in [0.4, 0.5) is 13.2 Å². The lowest BCUT2D eigenvalue weighted by Gasteiger charge is -2.18. The minimum atomic E-state index is -4.60. The number of rotatable bonds is 2. The predicted molar refractivity (Wildman–Crippen MR) is 56.0 cm³/mol. The first-order valence-corrected chi connectivity index (χ1v) is 5.54. The summed E-state index contributed by atoms with van der Waals surface area (Å²) in [6.07, 6.45) is -1.27. The SMILES string of the molecule is Oc1cccc(OC2CCCC2)c1C(F)(F)F. The molecule has 1 saturated carbocycles. The maximum absolute atomic E-state index is 12.7. The Morgan fingerprint density at radius 2 is 1.82 bits per heavy atom. The predicted octanol–water partition coefficient (Wildman–Crippen LogP) is 3.73. The summed E-state index contributed by atoms with van der Waals surface area (Å²) in [7, 11) is 0. The van der Waals surface area contributed by atoms with Crippen LogP contribution in [0.25, 0.3) is 0 Å². The van der Waals surface area contributed by atoms with E-state index in [0.29, 0.717) is 0 Å². The minimum Gasteiger partial charge on any atom is -0.507 e. The average molecular weight is 246 g/mol. The first-order valence-electron chi connectivity index (χ1n) is 5.54. The summed E-state index contributed by atoms with van der Waals surface area (Å²) >= 11 is 0. The second-order valence-electron chi connectivity index (χ2n) is 4.17. The molecule has 0 spiro atoms. The number of aromatic hydroxyl groups is 1. The molecule has 1 aliphatic rings. The number of phenolic OH excluding ortho intramolecular Hbond substituents is 1. The van der Waals surface area contributed by atoms with Gasteiger partial charge in [0.2, 0.25) is 0 Å². The van der Waals surface area contributed by atoms with E-state index < -0.39 is 17.5 Å². The minimum absolute atomic E-state index is 0.169. The fraction of sp³-hybridized carbons (Fsp3) is 0.500. The Hall–Kier alpha value is -1.39. The zero-order valence-corrected chi connectivity index (χ0v) is 9.13. The highest BCUT2D eigenvalue weighted by Gasteiger charge is 2.38. The number of hydrogen-bond donors (Lipinski definition) is 1. The van der Waals surface area contributed by atoms with E-state index in [0.717, 1.165) is 31.7 Å². The van der Waals surface area contributed by atoms with Gasteiger partial charge in [-0.1, -0.05) is 6.07 Å². The monoisotopic (exact) mass is 246 g/mol. The van der Waals surface area contributed by atoms with Crippen molar-refractivity contribution in [3.8, 4) is 11.5 Å². The zero-order chi connectivity index (χ0) is 12.5. The van der Waals surface area contributed by atoms with Crippen molar-refractivity contribution >= 4 is 0 Å². The van der Waals surface area contributed by atoms with E-state index in [2.05, 4.69) is 0 Å². The van der Waals surface area contributed by atoms with Crippen molar-refractivity contribution in [1.82, 2.24) is 0 Å². The smallest absolute Gasteiger partial charge is 0.423 e. The Morgan fingerprint density at radius 1 is 1.18 bits per heavy atom. The second kappa shape index (κ2) is 4.47. The molecule has 1 aromatic rings. The molecule has 5 heteroatoms. The van der Waals surface area contributed by atoms with Gasteiger partial charge in [-0.05, 0) is 37.8 Å². The second-order valence-corrected chi connectivity index (χ2v) is 4.17. The largest absolute Gasteiger partial charge is 0.507 e. The van der Waals surface area contributed by atoms with Gasteiger partial charge in [-0.25, -0.2) is 0 Å². The molecule has 0 unspecified atom stereocenters. The molecule has 0 amide bonds. The lowest BCUT2D eigenvalue weighted by atomic mass is 10.1. The van der Waals surface area contributed by atoms with Crippen molar-refractivity contribution < 1.29 is 23.0 Å². The van der Waals surface area contributed by atoms with E-state index in [1.807, 2.05) is 0 Å². The van der Waals surface area contributed by atoms with Crippen LogP contribution in [0.3, 0.4) is 0 Å². The Bertz CT molecular complexity index is 395. The van der Waals surface area contributed by atoms with Crippen molar-refractivity contribution in [3.05, 3.63) is 23.8 Å². The molecular weight excluding hydrogens is 233 g/mol. The van der Waals surface area contributed by atoms with Crippen LogP contribution < -0.4 is 4.74 Å². The van der Waals surface area contributed by atoms with Crippen LogP contribution in [-0.4, -0.2) is 11.2 Å². The zero-order valence-electron chi connectivity index (χ0n) is 9.13. The molecule has 0 aliphatic heterocycles. The molecule has 17 heavy (non-hydrogen) atoms. The fourth-order valence-electron chi connectivity index (χ4n) is 2.09. The van der Waals surface area contributed by atoms with Gasteiger partial charge in [0.1, 0.15) is 17.1 Å². The van der Waals surface area contributed by atoms with Crippen molar-refractivity contribution in [1.29, 1.82) is 0 Å². The van der Waals surface area contributed by atoms with Crippen molar-refractivity contribution in [2.75, 3.05) is 0 Å². The summed E-state index contributed by atoms with van der Waals surface area (Å²) in [5, 5.41) is 9.30. The van der Waals surface area contributed by atoms with Crippen LogP contribution in [0.1, 0.15) is 31.2 Å². The molecule has 1 fully saturated rings. The Balaban J connectivity index is 2.29. The van der Waals surface area contributed by atoms with E-state index in [1.165, 1.54) is 12.1 Å². The molecule has 0 atom stereocenters. The maximum Gasteiger partial charge on any atom is 0.423 e. The number of halogens is 3. The van der Waals surface area contributed by atoms with Crippen LogP contribution in [0.15, 0.2) is 18.2 Å². The summed E-state index contributed by atoms with van der Waals surface area (Å²) in [5.74, 6) is -1.06. The highest BCUT2D eigenvalue weighted by atomic mass is 19.4. The normalized spacial score (nSPS) is 17.4. The van der Waals surface area contributed by atoms with Gasteiger partial charge in [0.15, 0.2) is 0 Å². The van der Waals surface area contributed by atoms with Crippen LogP contribution in [0.5, 0.6) is 11.5 Å². The highest BCUT2D eigenvalue weighted by molar-refractivity contribution is 5.46. The molecule has 2 rings (SSSR count). The first-order chi connectivity index (χ1) is 7.98. The molecule has 0 heterocycles. The van der Waals surface area contributed by atoms with E-state index in [4.69, 9.17) is 4.74 Å². The molecule has 0 radical (unpaired) electrons. The molecule has 1 aromatic carbocycles. The van der Waals surface area contributed by atoms with Crippen molar-refractivity contribution in [3.63, 3.8) is 0 Å². The Morgan fingerprint density at radius 3 is 2.41 bits per heavy atom. The van der Waals surface area contributed by atoms with Gasteiger partial charge in [-0.3, -0.25) is 0 Å². The van der Waals surface area contributed by atoms with Gasteiger partial charge in [0.05, 0.1) is 6.10 Å². The topological polar surface area (TPSA) is 29.5 Å². The summed E-state index contributed by atoms with van der Waals surface area (Å²) in [6, 6.07) is 3.63. The molecule has 94 valence electrons. The third kappa shape index (κ3) is 2.65. The molecule has 1 N–H and O–H groups in total. The molecular formula is C12H13F3O2. The van der Waals surface area contributed by atoms with E-state index in [9.17, 15) is 18.3 Å². The van der Waals surface area contributed by atoms with E-state index >= 15 is 0 Å². The van der Waals surface area contributed by atoms with Crippen LogP contribution in [-0.2, 0) is 6.18 Å². The maximum atomic E-state index is 12.7. The molecule has 2 nitrogen and oxygen atoms in total. The Labute approximate surface area is 97.0 Å². The molecule has 0 saturated heterocycles. The summed E-state index contributed by atoms with van der Waals surface area (Å²) in [6.45, 7) is 0. The van der Waals surface area contributed by atoms with Gasteiger partial charge in [0.25, 0.3) is 0 Å². The van der Waals surface area contributed by atoms with Crippen molar-refractivity contribution in [2.45, 2.75) is 38.0 Å². The summed E-state index contributed by atoms with van der Waals surface area (Å²) in [4.78, 5) is 0. The quantitative estimate of drug-likeness (QED) is 0.861. The highest BCUT2D eigenvalue weighted by Crippen LogP contribution is 2.42. The number of alkyl halides is 3. The third-order valence-corrected chi connectivity index (χ3v) is 2.88. The van der Waals surface area contributed by atoms with Crippen LogP contribution >= 0.6 is 0 Å². The first kappa shape index (κ1) is 12.1. The van der Waals surface area contributed by atoms with Gasteiger partial charge in [-0.2, -0.15) is 13.2 Å². The van der Waals surface area contributed by atoms with Gasteiger partial charge >= 0.3 is 6.18 Å². The van der Waals surface area contributed by atoms with Crippen molar-refractivity contribution in [2.24, 2.45) is 0 Å². The lowest BCUT2D eigenvalue weighted by Crippen LogP contribution is -2.15. The molecule has 0 bridgehead atoms. The Kier molecular flexibility index (Phi) is 3.17. The molecule has 1 aliphatic carbocycles. The number of benzene rings is 1. The molecule has 0 aromatic heterocycles. The fourth-order valence-corrected chi connectivity index (χ4v) is 2.09. The summed E-state index contributed by atoms with van der Waals surface area (Å²) < 4.78 is 43.6. The van der Waals surface area contributed by atoms with Gasteiger partial charge in [-0.15, -0.1) is 0 Å². The van der Waals surface area contributed by atoms with E-state index in [1.54, 1.807) is 0 Å². The van der Waals surface area contributed by atoms with Crippen LogP contribution in [0.2, 0.25) is 0 Å². The number of phenols is 1.